The number of halogens is 3. The fraction of sp³-hybridized carbons (Fsp3) is 0.261. The van der Waals surface area contributed by atoms with E-state index in [1.807, 2.05) is 0 Å². The Morgan fingerprint density at radius 3 is 2.56 bits per heavy atom. The number of amides is 1. The van der Waals surface area contributed by atoms with Gasteiger partial charge in [0.05, 0.1) is 43.3 Å². The Morgan fingerprint density at radius 2 is 1.85 bits per heavy atom. The van der Waals surface area contributed by atoms with Crippen molar-refractivity contribution in [3.8, 4) is 11.3 Å². The molecule has 7 nitrogen and oxygen atoms in total. The van der Waals surface area contributed by atoms with Crippen LogP contribution in [0.2, 0.25) is 15.1 Å². The molecule has 4 rings (SSSR count). The van der Waals surface area contributed by atoms with Crippen LogP contribution in [0.4, 0.5) is 0 Å². The number of para-hydroxylation sites is 1. The molecule has 178 valence electrons. The molecule has 0 spiro atoms. The van der Waals surface area contributed by atoms with Crippen molar-refractivity contribution < 1.29 is 22.7 Å². The van der Waals surface area contributed by atoms with Crippen molar-refractivity contribution in [2.45, 2.75) is 12.5 Å². The maximum atomic E-state index is 13.0. The van der Waals surface area contributed by atoms with Gasteiger partial charge < -0.3 is 9.64 Å². The summed E-state index contributed by atoms with van der Waals surface area (Å²) in [6.07, 6.45) is 0.362. The second-order valence-electron chi connectivity index (χ2n) is 7.93. The summed E-state index contributed by atoms with van der Waals surface area (Å²) in [5.74, 6) is -1.26. The molecule has 1 aliphatic heterocycles. The average molecular weight is 542 g/mol. The number of ether oxygens (including phenoxy) is 1. The molecule has 1 atom stereocenters. The standard InChI is InChI=1S/C23H19Cl3N2O5S/c1-28(13-8-9-34(31,32)12-13)20(29)11-33-23(30)16-10-19(27-18-5-3-2-4-14(16)18)15-6-7-17(24)22(26)21(15)25/h2-7,10,13H,8-9,11-12H2,1H3. The first kappa shape index (κ1) is 24.7. The van der Waals surface area contributed by atoms with Gasteiger partial charge in [0.25, 0.3) is 5.91 Å². The molecule has 34 heavy (non-hydrogen) atoms. The highest BCUT2D eigenvalue weighted by Gasteiger charge is 2.33. The van der Waals surface area contributed by atoms with Gasteiger partial charge in [0.15, 0.2) is 16.4 Å². The van der Waals surface area contributed by atoms with E-state index in [2.05, 4.69) is 4.98 Å². The van der Waals surface area contributed by atoms with Crippen LogP contribution in [-0.2, 0) is 19.4 Å². The third-order valence-corrected chi connectivity index (χ3v) is 8.77. The van der Waals surface area contributed by atoms with Crippen LogP contribution in [0.5, 0.6) is 0 Å². The average Bonchev–Trinajstić information content (AvgIpc) is 3.19. The molecule has 1 unspecified atom stereocenters. The summed E-state index contributed by atoms with van der Waals surface area (Å²) in [5, 5.41) is 1.19. The topological polar surface area (TPSA) is 93.6 Å². The first-order valence-corrected chi connectivity index (χ1v) is 13.2. The van der Waals surface area contributed by atoms with E-state index in [-0.39, 0.29) is 32.1 Å². The van der Waals surface area contributed by atoms with Gasteiger partial charge in [-0.2, -0.15) is 0 Å². The number of fused-ring (bicyclic) bond motifs is 1. The lowest BCUT2D eigenvalue weighted by atomic mass is 10.0. The van der Waals surface area contributed by atoms with Gasteiger partial charge in [-0.15, -0.1) is 0 Å². The SMILES string of the molecule is CN(C(=O)COC(=O)c1cc(-c2ccc(Cl)c(Cl)c2Cl)nc2ccccc12)C1CCS(=O)(=O)C1. The van der Waals surface area contributed by atoms with Gasteiger partial charge >= 0.3 is 5.97 Å². The number of sulfone groups is 1. The number of pyridine rings is 1. The molecule has 1 aliphatic rings. The molecule has 11 heteroatoms. The van der Waals surface area contributed by atoms with E-state index < -0.39 is 34.4 Å². The number of carbonyl (C=O) groups excluding carboxylic acids is 2. The van der Waals surface area contributed by atoms with Crippen LogP contribution in [0.1, 0.15) is 16.8 Å². The Labute approximate surface area is 211 Å². The van der Waals surface area contributed by atoms with Crippen LogP contribution in [0.3, 0.4) is 0 Å². The van der Waals surface area contributed by atoms with Crippen molar-refractivity contribution in [2.24, 2.45) is 0 Å². The van der Waals surface area contributed by atoms with Gasteiger partial charge in [-0.3, -0.25) is 4.79 Å². The minimum absolute atomic E-state index is 0.0398. The van der Waals surface area contributed by atoms with Crippen molar-refractivity contribution >= 4 is 67.4 Å². The third kappa shape index (κ3) is 5.00. The van der Waals surface area contributed by atoms with Gasteiger partial charge in [-0.25, -0.2) is 18.2 Å². The fourth-order valence-corrected chi connectivity index (χ4v) is 6.20. The summed E-state index contributed by atoms with van der Waals surface area (Å²) >= 11 is 18.6. The molecule has 1 saturated heterocycles. The highest BCUT2D eigenvalue weighted by molar-refractivity contribution is 7.91. The normalized spacial score (nSPS) is 17.0. The Balaban J connectivity index is 1.60. The van der Waals surface area contributed by atoms with Gasteiger partial charge in [0.2, 0.25) is 0 Å². The maximum Gasteiger partial charge on any atom is 0.339 e. The number of nitrogens with zero attached hydrogens (tertiary/aromatic N) is 2. The molecule has 0 aliphatic carbocycles. The smallest absolute Gasteiger partial charge is 0.339 e. The lowest BCUT2D eigenvalue weighted by Gasteiger charge is -2.23. The molecule has 2 aromatic carbocycles. The molecule has 0 N–H and O–H groups in total. The maximum absolute atomic E-state index is 13.0. The molecule has 1 amide bonds. The monoisotopic (exact) mass is 540 g/mol. The van der Waals surface area contributed by atoms with Crippen LogP contribution >= 0.6 is 34.8 Å². The van der Waals surface area contributed by atoms with Crippen LogP contribution in [0.25, 0.3) is 22.2 Å². The second-order valence-corrected chi connectivity index (χ2v) is 11.3. The third-order valence-electron chi connectivity index (χ3n) is 5.72. The Hall–Kier alpha value is -2.39. The van der Waals surface area contributed by atoms with Gasteiger partial charge in [0.1, 0.15) is 0 Å². The molecular weight excluding hydrogens is 523 g/mol. The van der Waals surface area contributed by atoms with Crippen LogP contribution < -0.4 is 0 Å². The first-order valence-electron chi connectivity index (χ1n) is 10.2. The number of likely N-dealkylation sites (N-methyl/N-ethyl adjacent to an activating group) is 1. The number of rotatable bonds is 5. The number of esters is 1. The van der Waals surface area contributed by atoms with Gasteiger partial charge in [-0.1, -0.05) is 53.0 Å². The summed E-state index contributed by atoms with van der Waals surface area (Å²) in [7, 11) is -1.64. The lowest BCUT2D eigenvalue weighted by Crippen LogP contribution is -2.40. The van der Waals surface area contributed by atoms with Crippen LogP contribution in [0, 0.1) is 0 Å². The van der Waals surface area contributed by atoms with Crippen molar-refractivity contribution in [1.82, 2.24) is 9.88 Å². The number of benzene rings is 2. The summed E-state index contributed by atoms with van der Waals surface area (Å²) in [4.78, 5) is 31.4. The van der Waals surface area contributed by atoms with Crippen molar-refractivity contribution in [1.29, 1.82) is 0 Å². The zero-order valence-corrected chi connectivity index (χ0v) is 21.0. The molecular formula is C23H19Cl3N2O5S. The summed E-state index contributed by atoms with van der Waals surface area (Å²) in [5.41, 5.74) is 1.58. The molecule has 0 bridgehead atoms. The predicted molar refractivity (Wildman–Crippen MR) is 132 cm³/mol. The van der Waals surface area contributed by atoms with Crippen LogP contribution in [0.15, 0.2) is 42.5 Å². The number of carbonyl (C=O) groups is 2. The van der Waals surface area contributed by atoms with E-state index in [1.54, 1.807) is 36.4 Å². The first-order chi connectivity index (χ1) is 16.1. The van der Waals surface area contributed by atoms with Crippen molar-refractivity contribution in [3.63, 3.8) is 0 Å². The van der Waals surface area contributed by atoms with E-state index >= 15 is 0 Å². The number of aromatic nitrogens is 1. The molecule has 0 radical (unpaired) electrons. The minimum Gasteiger partial charge on any atom is -0.452 e. The number of hydrogen-bond donors (Lipinski definition) is 0. The van der Waals surface area contributed by atoms with Crippen molar-refractivity contribution in [2.75, 3.05) is 25.2 Å². The van der Waals surface area contributed by atoms with E-state index in [0.717, 1.165) is 0 Å². The van der Waals surface area contributed by atoms with Gasteiger partial charge in [-0.05, 0) is 30.7 Å². The molecule has 2 heterocycles. The van der Waals surface area contributed by atoms with Gasteiger partial charge in [0, 0.05) is 24.0 Å². The Bertz CT molecular complexity index is 1410. The lowest BCUT2D eigenvalue weighted by molar-refractivity contribution is -0.134. The summed E-state index contributed by atoms with van der Waals surface area (Å²) < 4.78 is 28.7. The zero-order chi connectivity index (χ0) is 24.6. The highest BCUT2D eigenvalue weighted by Crippen LogP contribution is 2.38. The summed E-state index contributed by atoms with van der Waals surface area (Å²) in [6, 6.07) is 11.3. The molecule has 0 saturated carbocycles. The largest absolute Gasteiger partial charge is 0.452 e. The molecule has 1 aromatic heterocycles. The Kier molecular flexibility index (Phi) is 7.05. The highest BCUT2D eigenvalue weighted by atomic mass is 35.5. The quantitative estimate of drug-likeness (QED) is 0.344. The van der Waals surface area contributed by atoms with Crippen molar-refractivity contribution in [3.05, 3.63) is 63.1 Å². The number of hydrogen-bond acceptors (Lipinski definition) is 6. The Morgan fingerprint density at radius 1 is 1.12 bits per heavy atom. The minimum atomic E-state index is -3.15. The molecule has 3 aromatic rings. The second kappa shape index (κ2) is 9.70. The van der Waals surface area contributed by atoms with E-state index in [1.165, 1.54) is 18.0 Å². The molecule has 1 fully saturated rings. The predicted octanol–water partition coefficient (Wildman–Crippen LogP) is 4.66. The van der Waals surface area contributed by atoms with E-state index in [0.29, 0.717) is 28.6 Å². The van der Waals surface area contributed by atoms with E-state index in [9.17, 15) is 18.0 Å². The zero-order valence-electron chi connectivity index (χ0n) is 17.9. The summed E-state index contributed by atoms with van der Waals surface area (Å²) in [6.45, 7) is -0.522. The fourth-order valence-electron chi connectivity index (χ4n) is 3.80. The van der Waals surface area contributed by atoms with E-state index in [4.69, 9.17) is 39.5 Å². The van der Waals surface area contributed by atoms with Crippen LogP contribution in [-0.4, -0.2) is 61.4 Å².